The van der Waals surface area contributed by atoms with Gasteiger partial charge in [0, 0.05) is 5.88 Å². The number of rotatable bonds is 6. The molecule has 0 saturated heterocycles. The molecular weight excluding hydrogens is 251 g/mol. The number of hydrogen-bond donors (Lipinski definition) is 0. The molecule has 1 aromatic rings. The Morgan fingerprint density at radius 3 is 2.56 bits per heavy atom. The Morgan fingerprint density at radius 1 is 1.19 bits per heavy atom. The van der Waals surface area contributed by atoms with E-state index in [1.807, 2.05) is 0 Å². The molecule has 2 nitrogen and oxygen atoms in total. The second-order valence-corrected chi connectivity index (χ2v) is 6.01. The van der Waals surface area contributed by atoms with E-state index in [-0.39, 0.29) is 10.6 Å². The van der Waals surface area contributed by atoms with Crippen LogP contribution in [0, 0.1) is 5.82 Å². The highest BCUT2D eigenvalue weighted by atomic mass is 35.5. The van der Waals surface area contributed by atoms with Gasteiger partial charge in [-0.25, -0.2) is 12.8 Å². The van der Waals surface area contributed by atoms with Gasteiger partial charge < -0.3 is 0 Å². The summed E-state index contributed by atoms with van der Waals surface area (Å²) in [5.41, 5.74) is 0. The molecule has 1 aromatic carbocycles. The molecule has 0 amide bonds. The highest BCUT2D eigenvalue weighted by Gasteiger charge is 2.14. The predicted octanol–water partition coefficient (Wildman–Crippen LogP) is 3.01. The third kappa shape index (κ3) is 4.10. The molecule has 0 heterocycles. The van der Waals surface area contributed by atoms with Crippen LogP contribution in [0.1, 0.15) is 19.3 Å². The number of unbranched alkanes of at least 4 members (excludes halogenated alkanes) is 2. The first kappa shape index (κ1) is 13.5. The van der Waals surface area contributed by atoms with Crippen LogP contribution in [0.15, 0.2) is 29.2 Å². The smallest absolute Gasteiger partial charge is 0.178 e. The second-order valence-electron chi connectivity index (χ2n) is 3.53. The zero-order valence-electron chi connectivity index (χ0n) is 8.83. The monoisotopic (exact) mass is 264 g/mol. The first-order valence-corrected chi connectivity index (χ1v) is 7.29. The fourth-order valence-corrected chi connectivity index (χ4v) is 2.93. The van der Waals surface area contributed by atoms with Gasteiger partial charge >= 0.3 is 0 Å². The molecule has 0 fully saturated rings. The zero-order valence-corrected chi connectivity index (χ0v) is 10.4. The molecule has 1 rings (SSSR count). The number of halogens is 2. The van der Waals surface area contributed by atoms with Crippen LogP contribution < -0.4 is 0 Å². The maximum Gasteiger partial charge on any atom is 0.178 e. The van der Waals surface area contributed by atoms with Gasteiger partial charge in [0.2, 0.25) is 0 Å². The van der Waals surface area contributed by atoms with Gasteiger partial charge in [-0.3, -0.25) is 0 Å². The van der Waals surface area contributed by atoms with Gasteiger partial charge in [0.15, 0.2) is 9.84 Å². The van der Waals surface area contributed by atoms with E-state index in [1.54, 1.807) is 0 Å². The van der Waals surface area contributed by atoms with Gasteiger partial charge in [0.1, 0.15) is 5.82 Å². The van der Waals surface area contributed by atoms with Gasteiger partial charge in [-0.15, -0.1) is 11.6 Å². The molecule has 0 unspecified atom stereocenters. The summed E-state index contributed by atoms with van der Waals surface area (Å²) in [5.74, 6) is 0.0645. The summed E-state index contributed by atoms with van der Waals surface area (Å²) in [6, 6.07) is 5.10. The average molecular weight is 265 g/mol. The van der Waals surface area contributed by atoms with E-state index in [0.717, 1.165) is 18.9 Å². The fourth-order valence-electron chi connectivity index (χ4n) is 1.34. The van der Waals surface area contributed by atoms with Gasteiger partial charge in [-0.2, -0.15) is 0 Å². The molecule has 90 valence electrons. The molecule has 0 saturated carbocycles. The van der Waals surface area contributed by atoms with Gasteiger partial charge in [-0.05, 0) is 31.0 Å². The van der Waals surface area contributed by atoms with E-state index in [1.165, 1.54) is 18.2 Å². The lowest BCUT2D eigenvalue weighted by Gasteiger charge is -2.03. The summed E-state index contributed by atoms with van der Waals surface area (Å²) >= 11 is 5.49. The van der Waals surface area contributed by atoms with E-state index in [9.17, 15) is 12.8 Å². The number of sulfone groups is 1. The van der Waals surface area contributed by atoms with Gasteiger partial charge in [-0.1, -0.05) is 12.5 Å². The molecule has 0 aliphatic heterocycles. The van der Waals surface area contributed by atoms with Crippen molar-refractivity contribution in [3.8, 4) is 0 Å². The molecule has 16 heavy (non-hydrogen) atoms. The summed E-state index contributed by atoms with van der Waals surface area (Å²) in [7, 11) is -3.35. The van der Waals surface area contributed by atoms with Crippen LogP contribution in [-0.2, 0) is 9.84 Å². The van der Waals surface area contributed by atoms with E-state index < -0.39 is 15.7 Å². The van der Waals surface area contributed by atoms with Crippen molar-refractivity contribution in [3.63, 3.8) is 0 Å². The summed E-state index contributed by atoms with van der Waals surface area (Å²) in [5, 5.41) is 0. The van der Waals surface area contributed by atoms with Crippen LogP contribution in [0.25, 0.3) is 0 Å². The lowest BCUT2D eigenvalue weighted by atomic mass is 10.3. The van der Waals surface area contributed by atoms with Crippen molar-refractivity contribution in [3.05, 3.63) is 30.1 Å². The Hall–Kier alpha value is -0.610. The van der Waals surface area contributed by atoms with Crippen molar-refractivity contribution in [1.29, 1.82) is 0 Å². The standard InChI is InChI=1S/C11H14ClFO2S/c12-7-2-1-3-8-16(14,15)11-6-4-5-10(13)9-11/h4-6,9H,1-3,7-8H2. The fraction of sp³-hybridized carbons (Fsp3) is 0.455. The molecule has 5 heteroatoms. The minimum atomic E-state index is -3.35. The topological polar surface area (TPSA) is 34.1 Å². The molecule has 0 atom stereocenters. The van der Waals surface area contributed by atoms with Crippen molar-refractivity contribution in [2.24, 2.45) is 0 Å². The minimum absolute atomic E-state index is 0.0490. The van der Waals surface area contributed by atoms with Gasteiger partial charge in [0.05, 0.1) is 10.6 Å². The number of benzene rings is 1. The van der Waals surface area contributed by atoms with Crippen LogP contribution in [0.4, 0.5) is 4.39 Å². The number of hydrogen-bond acceptors (Lipinski definition) is 2. The minimum Gasteiger partial charge on any atom is -0.224 e. The molecular formula is C11H14ClFO2S. The Morgan fingerprint density at radius 2 is 1.94 bits per heavy atom. The Balaban J connectivity index is 2.64. The maximum atomic E-state index is 12.9. The quantitative estimate of drug-likeness (QED) is 0.585. The summed E-state index contributed by atoms with van der Waals surface area (Å²) < 4.78 is 36.4. The molecule has 0 aliphatic rings. The zero-order chi connectivity index (χ0) is 12.0. The third-order valence-corrected chi connectivity index (χ3v) is 4.27. The van der Waals surface area contributed by atoms with Crippen LogP contribution in [0.3, 0.4) is 0 Å². The average Bonchev–Trinajstić information content (AvgIpc) is 2.24. The van der Waals surface area contributed by atoms with Crippen LogP contribution in [-0.4, -0.2) is 20.1 Å². The Bertz CT molecular complexity index is 431. The molecule has 0 spiro atoms. The van der Waals surface area contributed by atoms with Crippen LogP contribution >= 0.6 is 11.6 Å². The van der Waals surface area contributed by atoms with E-state index in [0.29, 0.717) is 12.3 Å². The normalized spacial score (nSPS) is 11.6. The van der Waals surface area contributed by atoms with Crippen LogP contribution in [0.2, 0.25) is 0 Å². The lowest BCUT2D eigenvalue weighted by Crippen LogP contribution is -2.07. The lowest BCUT2D eigenvalue weighted by molar-refractivity contribution is 0.586. The molecule has 0 bridgehead atoms. The maximum absolute atomic E-state index is 12.9. The highest BCUT2D eigenvalue weighted by Crippen LogP contribution is 2.14. The molecule has 0 aromatic heterocycles. The van der Waals surface area contributed by atoms with Crippen molar-refractivity contribution >= 4 is 21.4 Å². The van der Waals surface area contributed by atoms with Crippen molar-refractivity contribution in [2.45, 2.75) is 24.2 Å². The summed E-state index contributed by atoms with van der Waals surface area (Å²) in [4.78, 5) is 0.0540. The van der Waals surface area contributed by atoms with Gasteiger partial charge in [0.25, 0.3) is 0 Å². The molecule has 0 radical (unpaired) electrons. The number of alkyl halides is 1. The first-order chi connectivity index (χ1) is 7.56. The Kier molecular flexibility index (Phi) is 5.22. The largest absolute Gasteiger partial charge is 0.224 e. The van der Waals surface area contributed by atoms with Crippen LogP contribution in [0.5, 0.6) is 0 Å². The molecule has 0 aliphatic carbocycles. The Labute approximate surface area is 100 Å². The predicted molar refractivity (Wildman–Crippen MR) is 63.0 cm³/mol. The first-order valence-electron chi connectivity index (χ1n) is 5.10. The van der Waals surface area contributed by atoms with E-state index >= 15 is 0 Å². The van der Waals surface area contributed by atoms with Crippen molar-refractivity contribution in [2.75, 3.05) is 11.6 Å². The van der Waals surface area contributed by atoms with Crippen molar-refractivity contribution < 1.29 is 12.8 Å². The van der Waals surface area contributed by atoms with Crippen molar-refractivity contribution in [1.82, 2.24) is 0 Å². The third-order valence-electron chi connectivity index (χ3n) is 2.20. The summed E-state index contributed by atoms with van der Waals surface area (Å²) in [6.07, 6.45) is 2.14. The van der Waals surface area contributed by atoms with E-state index in [2.05, 4.69) is 0 Å². The van der Waals surface area contributed by atoms with E-state index in [4.69, 9.17) is 11.6 Å². The highest BCUT2D eigenvalue weighted by molar-refractivity contribution is 7.91. The molecule has 0 N–H and O–H groups in total. The SMILES string of the molecule is O=S(=O)(CCCCCCl)c1cccc(F)c1. The second kappa shape index (κ2) is 6.21. The summed E-state index contributed by atoms with van der Waals surface area (Å²) in [6.45, 7) is 0.